The number of thiocarbonyl (C=S) groups is 1. The average molecular weight is 214 g/mol. The molecule has 1 rings (SSSR count). The zero-order valence-corrected chi connectivity index (χ0v) is 9.30. The predicted molar refractivity (Wildman–Crippen MR) is 63.0 cm³/mol. The molecule has 0 spiro atoms. The molecule has 1 nitrogen and oxygen atoms in total. The van der Waals surface area contributed by atoms with E-state index in [-0.39, 0.29) is 0 Å². The van der Waals surface area contributed by atoms with Gasteiger partial charge >= 0.3 is 0 Å². The molecule has 1 N–H and O–H groups in total. The van der Waals surface area contributed by atoms with Crippen molar-refractivity contribution in [2.45, 2.75) is 13.3 Å². The molecule has 1 aromatic rings. The first-order chi connectivity index (χ1) is 6.19. The number of hydrogen-bond acceptors (Lipinski definition) is 2. The molecule has 0 amide bonds. The number of benzene rings is 1. The van der Waals surface area contributed by atoms with Gasteiger partial charge in [0, 0.05) is 28.2 Å². The molecule has 0 unspecified atom stereocenters. The first-order valence-electron chi connectivity index (χ1n) is 4.19. The normalized spacial score (nSPS) is 9.77. The van der Waals surface area contributed by atoms with Gasteiger partial charge in [-0.25, -0.2) is 0 Å². The van der Waals surface area contributed by atoms with Gasteiger partial charge < -0.3 is 5.32 Å². The van der Waals surface area contributed by atoms with Gasteiger partial charge in [-0.1, -0.05) is 36.8 Å². The second-order valence-corrected chi connectivity index (χ2v) is 3.65. The van der Waals surface area contributed by atoms with Crippen LogP contribution < -0.4 is 5.32 Å². The van der Waals surface area contributed by atoms with Gasteiger partial charge in [-0.3, -0.25) is 0 Å². The molecule has 1 aromatic carbocycles. The SMILES string of the molecule is CCC(=S)c1ccc(Cl)cc1NC. The average Bonchev–Trinajstić information content (AvgIpc) is 2.16. The Morgan fingerprint density at radius 2 is 2.23 bits per heavy atom. The highest BCUT2D eigenvalue weighted by atomic mass is 35.5. The second kappa shape index (κ2) is 4.58. The van der Waals surface area contributed by atoms with E-state index in [1.54, 1.807) is 0 Å². The maximum Gasteiger partial charge on any atom is 0.0437 e. The minimum absolute atomic E-state index is 0.729. The minimum Gasteiger partial charge on any atom is -0.388 e. The van der Waals surface area contributed by atoms with Crippen LogP contribution >= 0.6 is 23.8 Å². The Hall–Kier alpha value is -0.600. The van der Waals surface area contributed by atoms with Crippen LogP contribution in [0, 0.1) is 0 Å². The lowest BCUT2D eigenvalue weighted by Gasteiger charge is -2.09. The van der Waals surface area contributed by atoms with Crippen molar-refractivity contribution in [1.82, 2.24) is 0 Å². The van der Waals surface area contributed by atoms with Crippen molar-refractivity contribution in [3.8, 4) is 0 Å². The Balaban J connectivity index is 3.13. The van der Waals surface area contributed by atoms with E-state index in [4.69, 9.17) is 23.8 Å². The van der Waals surface area contributed by atoms with Crippen LogP contribution in [-0.4, -0.2) is 11.9 Å². The molecule has 0 aromatic heterocycles. The van der Waals surface area contributed by atoms with E-state index in [0.29, 0.717) is 0 Å². The standard InChI is InChI=1S/C10H12ClNS/c1-3-10(13)8-5-4-7(11)6-9(8)12-2/h4-6,12H,3H2,1-2H3. The summed E-state index contributed by atoms with van der Waals surface area (Å²) in [6.07, 6.45) is 0.881. The second-order valence-electron chi connectivity index (χ2n) is 2.72. The van der Waals surface area contributed by atoms with E-state index in [1.165, 1.54) is 0 Å². The van der Waals surface area contributed by atoms with Crippen LogP contribution in [-0.2, 0) is 0 Å². The summed E-state index contributed by atoms with van der Waals surface area (Å²) in [5.74, 6) is 0. The molecule has 13 heavy (non-hydrogen) atoms. The molecule has 3 heteroatoms. The van der Waals surface area contributed by atoms with Gasteiger partial charge in [0.2, 0.25) is 0 Å². The Labute approximate surface area is 89.1 Å². The predicted octanol–water partition coefficient (Wildman–Crippen LogP) is 3.51. The maximum atomic E-state index is 5.86. The number of hydrogen-bond donors (Lipinski definition) is 1. The monoisotopic (exact) mass is 213 g/mol. The van der Waals surface area contributed by atoms with Crippen molar-refractivity contribution in [1.29, 1.82) is 0 Å². The Kier molecular flexibility index (Phi) is 3.70. The van der Waals surface area contributed by atoms with Gasteiger partial charge in [0.1, 0.15) is 0 Å². The number of halogens is 1. The Morgan fingerprint density at radius 1 is 1.54 bits per heavy atom. The van der Waals surface area contributed by atoms with Crippen LogP contribution in [0.1, 0.15) is 18.9 Å². The topological polar surface area (TPSA) is 12.0 Å². The van der Waals surface area contributed by atoms with E-state index >= 15 is 0 Å². The highest BCUT2D eigenvalue weighted by Gasteiger charge is 2.04. The summed E-state index contributed by atoms with van der Waals surface area (Å²) in [6, 6.07) is 5.71. The zero-order chi connectivity index (χ0) is 9.84. The van der Waals surface area contributed by atoms with Gasteiger partial charge in [-0.2, -0.15) is 0 Å². The molecule has 70 valence electrons. The number of nitrogens with one attached hydrogen (secondary N) is 1. The molecule has 0 saturated heterocycles. The number of rotatable bonds is 3. The molecule has 0 bridgehead atoms. The van der Waals surface area contributed by atoms with Crippen LogP contribution in [0.25, 0.3) is 0 Å². The molecule has 0 aliphatic heterocycles. The van der Waals surface area contributed by atoms with Crippen molar-refractivity contribution in [2.24, 2.45) is 0 Å². The fraction of sp³-hybridized carbons (Fsp3) is 0.300. The summed E-state index contributed by atoms with van der Waals surface area (Å²) < 4.78 is 0. The van der Waals surface area contributed by atoms with Crippen LogP contribution in [0.3, 0.4) is 0 Å². The molecule has 0 radical (unpaired) electrons. The number of anilines is 1. The van der Waals surface area contributed by atoms with Gasteiger partial charge in [-0.05, 0) is 18.6 Å². The summed E-state index contributed by atoms with van der Waals surface area (Å²) in [5, 5.41) is 3.81. The fourth-order valence-electron chi connectivity index (χ4n) is 1.16. The highest BCUT2D eigenvalue weighted by molar-refractivity contribution is 7.80. The van der Waals surface area contributed by atoms with Crippen LogP contribution in [0.2, 0.25) is 5.02 Å². The molecule has 0 aliphatic rings. The summed E-state index contributed by atoms with van der Waals surface area (Å²) in [5.41, 5.74) is 2.07. The third-order valence-electron chi connectivity index (χ3n) is 1.87. The third-order valence-corrected chi connectivity index (χ3v) is 2.62. The first kappa shape index (κ1) is 10.5. The van der Waals surface area contributed by atoms with E-state index in [1.807, 2.05) is 25.2 Å². The van der Waals surface area contributed by atoms with Crippen molar-refractivity contribution < 1.29 is 0 Å². The highest BCUT2D eigenvalue weighted by Crippen LogP contribution is 2.22. The molecule has 0 heterocycles. The zero-order valence-electron chi connectivity index (χ0n) is 7.73. The van der Waals surface area contributed by atoms with Crippen molar-refractivity contribution in [3.05, 3.63) is 28.8 Å². The summed E-state index contributed by atoms with van der Waals surface area (Å²) >= 11 is 11.1. The lowest BCUT2D eigenvalue weighted by Crippen LogP contribution is -2.01. The fourth-order valence-corrected chi connectivity index (χ4v) is 1.51. The molecule has 0 aliphatic carbocycles. The van der Waals surface area contributed by atoms with E-state index in [2.05, 4.69) is 12.2 Å². The van der Waals surface area contributed by atoms with Crippen molar-refractivity contribution in [3.63, 3.8) is 0 Å². The Morgan fingerprint density at radius 3 is 2.77 bits per heavy atom. The first-order valence-corrected chi connectivity index (χ1v) is 4.98. The van der Waals surface area contributed by atoms with Crippen LogP contribution in [0.5, 0.6) is 0 Å². The van der Waals surface area contributed by atoms with Crippen molar-refractivity contribution in [2.75, 3.05) is 12.4 Å². The molecule has 0 fully saturated rings. The lowest BCUT2D eigenvalue weighted by atomic mass is 10.1. The van der Waals surface area contributed by atoms with Gasteiger partial charge in [0.15, 0.2) is 0 Å². The maximum absolute atomic E-state index is 5.86. The summed E-state index contributed by atoms with van der Waals surface area (Å²) in [4.78, 5) is 0.959. The van der Waals surface area contributed by atoms with E-state index in [9.17, 15) is 0 Å². The van der Waals surface area contributed by atoms with Crippen molar-refractivity contribution >= 4 is 34.4 Å². The van der Waals surface area contributed by atoms with E-state index < -0.39 is 0 Å². The lowest BCUT2D eigenvalue weighted by molar-refractivity contribution is 1.31. The van der Waals surface area contributed by atoms with Crippen LogP contribution in [0.4, 0.5) is 5.69 Å². The smallest absolute Gasteiger partial charge is 0.0437 e. The molecule has 0 atom stereocenters. The van der Waals surface area contributed by atoms with E-state index in [0.717, 1.165) is 27.6 Å². The Bertz CT molecular complexity index is 323. The molecular weight excluding hydrogens is 202 g/mol. The minimum atomic E-state index is 0.729. The summed E-state index contributed by atoms with van der Waals surface area (Å²) in [7, 11) is 1.87. The summed E-state index contributed by atoms with van der Waals surface area (Å²) in [6.45, 7) is 2.05. The quantitative estimate of drug-likeness (QED) is 0.609. The van der Waals surface area contributed by atoms with Gasteiger partial charge in [0.25, 0.3) is 0 Å². The molecule has 0 saturated carbocycles. The largest absolute Gasteiger partial charge is 0.388 e. The van der Waals surface area contributed by atoms with Gasteiger partial charge in [-0.15, -0.1) is 0 Å². The van der Waals surface area contributed by atoms with Crippen LogP contribution in [0.15, 0.2) is 18.2 Å². The van der Waals surface area contributed by atoms with Gasteiger partial charge in [0.05, 0.1) is 0 Å². The molecular formula is C10H12ClNS. The third kappa shape index (κ3) is 2.42.